The highest BCUT2D eigenvalue weighted by atomic mass is 16.5. The number of allylic oxidation sites excluding steroid dienone is 1. The summed E-state index contributed by atoms with van der Waals surface area (Å²) in [6.45, 7) is 2.77. The van der Waals surface area contributed by atoms with Gasteiger partial charge >= 0.3 is 0 Å². The Morgan fingerprint density at radius 3 is 3.00 bits per heavy atom. The third-order valence-corrected chi connectivity index (χ3v) is 1.96. The Morgan fingerprint density at radius 1 is 1.36 bits per heavy atom. The fraction of sp³-hybridized carbons (Fsp3) is 0.200. The topological polar surface area (TPSA) is 9.23 Å². The normalized spacial score (nSPS) is 18.1. The van der Waals surface area contributed by atoms with Crippen molar-refractivity contribution >= 4 is 5.57 Å². The predicted molar refractivity (Wildman–Crippen MR) is 45.6 cm³/mol. The van der Waals surface area contributed by atoms with Crippen LogP contribution < -0.4 is 4.74 Å². The quantitative estimate of drug-likeness (QED) is 0.546. The molecule has 0 aromatic heterocycles. The lowest BCUT2D eigenvalue weighted by atomic mass is 10.1. The minimum Gasteiger partial charge on any atom is -0.488 e. The van der Waals surface area contributed by atoms with E-state index in [2.05, 4.69) is 12.1 Å². The monoisotopic (exact) mass is 146 g/mol. The number of para-hydroxylation sites is 1. The van der Waals surface area contributed by atoms with Crippen molar-refractivity contribution in [1.82, 2.24) is 0 Å². The standard InChI is InChI=1S/C10H10O/c1-2-8-7-11-10-6-4-3-5-9(8)10/h2-6H,7H2,1H3. The number of hydrogen-bond donors (Lipinski definition) is 0. The van der Waals surface area contributed by atoms with Crippen LogP contribution in [0.25, 0.3) is 5.57 Å². The molecule has 0 saturated carbocycles. The molecule has 1 heterocycles. The number of rotatable bonds is 0. The summed E-state index contributed by atoms with van der Waals surface area (Å²) in [5, 5.41) is 0. The van der Waals surface area contributed by atoms with Crippen molar-refractivity contribution in [2.75, 3.05) is 6.61 Å². The Morgan fingerprint density at radius 2 is 2.18 bits per heavy atom. The van der Waals surface area contributed by atoms with Crippen molar-refractivity contribution < 1.29 is 4.74 Å². The Kier molecular flexibility index (Phi) is 1.42. The van der Waals surface area contributed by atoms with Gasteiger partial charge < -0.3 is 4.74 Å². The van der Waals surface area contributed by atoms with E-state index in [9.17, 15) is 0 Å². The molecule has 1 aliphatic rings. The van der Waals surface area contributed by atoms with Crippen molar-refractivity contribution in [3.63, 3.8) is 0 Å². The lowest BCUT2D eigenvalue weighted by Crippen LogP contribution is -1.85. The molecule has 2 rings (SSSR count). The van der Waals surface area contributed by atoms with E-state index in [0.717, 1.165) is 12.4 Å². The van der Waals surface area contributed by atoms with Gasteiger partial charge in [0.1, 0.15) is 12.4 Å². The summed E-state index contributed by atoms with van der Waals surface area (Å²) in [4.78, 5) is 0. The zero-order valence-corrected chi connectivity index (χ0v) is 6.50. The van der Waals surface area contributed by atoms with Gasteiger partial charge in [-0.1, -0.05) is 24.3 Å². The van der Waals surface area contributed by atoms with E-state index in [0.29, 0.717) is 0 Å². The van der Waals surface area contributed by atoms with E-state index < -0.39 is 0 Å². The van der Waals surface area contributed by atoms with E-state index >= 15 is 0 Å². The smallest absolute Gasteiger partial charge is 0.127 e. The molecule has 0 radical (unpaired) electrons. The zero-order chi connectivity index (χ0) is 7.68. The van der Waals surface area contributed by atoms with E-state index in [1.807, 2.05) is 25.1 Å². The number of benzene rings is 1. The molecule has 1 aromatic rings. The molecule has 11 heavy (non-hydrogen) atoms. The second-order valence-corrected chi connectivity index (χ2v) is 2.60. The van der Waals surface area contributed by atoms with Crippen LogP contribution in [0.3, 0.4) is 0 Å². The fourth-order valence-corrected chi connectivity index (χ4v) is 1.33. The van der Waals surface area contributed by atoms with Crippen LogP contribution in [0.2, 0.25) is 0 Å². The number of fused-ring (bicyclic) bond motifs is 1. The van der Waals surface area contributed by atoms with Crippen LogP contribution in [0, 0.1) is 0 Å². The van der Waals surface area contributed by atoms with E-state index in [4.69, 9.17) is 4.74 Å². The summed E-state index contributed by atoms with van der Waals surface area (Å²) in [6.07, 6.45) is 2.10. The maximum absolute atomic E-state index is 5.43. The highest BCUT2D eigenvalue weighted by Crippen LogP contribution is 2.31. The van der Waals surface area contributed by atoms with Crippen LogP contribution in [-0.2, 0) is 0 Å². The first kappa shape index (κ1) is 6.47. The molecule has 0 saturated heterocycles. The third-order valence-electron chi connectivity index (χ3n) is 1.96. The molecule has 0 atom stereocenters. The highest BCUT2D eigenvalue weighted by molar-refractivity contribution is 5.74. The molecule has 0 bridgehead atoms. The minimum atomic E-state index is 0.732. The van der Waals surface area contributed by atoms with Gasteiger partial charge in [-0.05, 0) is 18.6 Å². The molecular formula is C10H10O. The summed E-state index contributed by atoms with van der Waals surface area (Å²) in [5.41, 5.74) is 2.54. The Bertz CT molecular complexity index is 299. The summed E-state index contributed by atoms with van der Waals surface area (Å²) in [5.74, 6) is 1.01. The van der Waals surface area contributed by atoms with Crippen molar-refractivity contribution in [3.05, 3.63) is 35.9 Å². The molecule has 1 heteroatoms. The van der Waals surface area contributed by atoms with Crippen LogP contribution >= 0.6 is 0 Å². The summed E-state index contributed by atoms with van der Waals surface area (Å²) < 4.78 is 5.43. The van der Waals surface area contributed by atoms with Crippen LogP contribution in [0.5, 0.6) is 5.75 Å². The highest BCUT2D eigenvalue weighted by Gasteiger charge is 2.14. The molecule has 0 amide bonds. The van der Waals surface area contributed by atoms with Crippen LogP contribution in [0.1, 0.15) is 12.5 Å². The third kappa shape index (κ3) is 0.929. The van der Waals surface area contributed by atoms with Gasteiger partial charge in [0.2, 0.25) is 0 Å². The molecule has 56 valence electrons. The molecule has 0 spiro atoms. The van der Waals surface area contributed by atoms with Gasteiger partial charge in [0, 0.05) is 5.56 Å². The van der Waals surface area contributed by atoms with Gasteiger partial charge in [0.15, 0.2) is 0 Å². The molecular weight excluding hydrogens is 136 g/mol. The maximum atomic E-state index is 5.43. The lowest BCUT2D eigenvalue weighted by molar-refractivity contribution is 0.388. The fourth-order valence-electron chi connectivity index (χ4n) is 1.33. The number of ether oxygens (including phenoxy) is 1. The summed E-state index contributed by atoms with van der Waals surface area (Å²) in [6, 6.07) is 8.14. The van der Waals surface area contributed by atoms with Crippen LogP contribution in [-0.4, -0.2) is 6.61 Å². The first-order valence-electron chi connectivity index (χ1n) is 3.79. The maximum Gasteiger partial charge on any atom is 0.127 e. The largest absolute Gasteiger partial charge is 0.488 e. The molecule has 0 N–H and O–H groups in total. The van der Waals surface area contributed by atoms with Gasteiger partial charge in [-0.2, -0.15) is 0 Å². The van der Waals surface area contributed by atoms with Crippen molar-refractivity contribution in [3.8, 4) is 5.75 Å². The second kappa shape index (κ2) is 2.42. The van der Waals surface area contributed by atoms with Crippen molar-refractivity contribution in [1.29, 1.82) is 0 Å². The molecule has 0 fully saturated rings. The molecule has 1 aromatic carbocycles. The molecule has 1 aliphatic heterocycles. The van der Waals surface area contributed by atoms with Gasteiger partial charge in [0.05, 0.1) is 0 Å². The summed E-state index contributed by atoms with van der Waals surface area (Å²) >= 11 is 0. The molecule has 0 aliphatic carbocycles. The van der Waals surface area contributed by atoms with Gasteiger partial charge in [-0.3, -0.25) is 0 Å². The zero-order valence-electron chi connectivity index (χ0n) is 6.50. The van der Waals surface area contributed by atoms with Crippen LogP contribution in [0.15, 0.2) is 30.3 Å². The number of hydrogen-bond acceptors (Lipinski definition) is 1. The van der Waals surface area contributed by atoms with Gasteiger partial charge in [-0.25, -0.2) is 0 Å². The van der Waals surface area contributed by atoms with Gasteiger partial charge in [-0.15, -0.1) is 0 Å². The second-order valence-electron chi connectivity index (χ2n) is 2.60. The van der Waals surface area contributed by atoms with Crippen LogP contribution in [0.4, 0.5) is 0 Å². The predicted octanol–water partition coefficient (Wildman–Crippen LogP) is 2.48. The Hall–Kier alpha value is -1.24. The van der Waals surface area contributed by atoms with E-state index in [1.54, 1.807) is 0 Å². The average Bonchev–Trinajstić information content (AvgIpc) is 2.47. The Labute approximate surface area is 66.3 Å². The van der Waals surface area contributed by atoms with Crippen molar-refractivity contribution in [2.24, 2.45) is 0 Å². The SMILES string of the molecule is CC=C1COc2ccccc21. The summed E-state index contributed by atoms with van der Waals surface area (Å²) in [7, 11) is 0. The lowest BCUT2D eigenvalue weighted by Gasteiger charge is -1.93. The van der Waals surface area contributed by atoms with Gasteiger partial charge in [0.25, 0.3) is 0 Å². The van der Waals surface area contributed by atoms with E-state index in [-0.39, 0.29) is 0 Å². The Balaban J connectivity index is 2.55. The molecule has 0 unspecified atom stereocenters. The molecule has 1 nitrogen and oxygen atoms in total. The van der Waals surface area contributed by atoms with E-state index in [1.165, 1.54) is 11.1 Å². The average molecular weight is 146 g/mol. The first-order chi connectivity index (χ1) is 5.42. The van der Waals surface area contributed by atoms with Crippen molar-refractivity contribution in [2.45, 2.75) is 6.92 Å². The first-order valence-corrected chi connectivity index (χ1v) is 3.79. The minimum absolute atomic E-state index is 0.732.